The van der Waals surface area contributed by atoms with E-state index in [0.29, 0.717) is 0 Å². The van der Waals surface area contributed by atoms with Gasteiger partial charge >= 0.3 is 0 Å². The van der Waals surface area contributed by atoms with Gasteiger partial charge in [0, 0.05) is 10.5 Å². The molecule has 0 aromatic heterocycles. The summed E-state index contributed by atoms with van der Waals surface area (Å²) in [7, 11) is 0. The average Bonchev–Trinajstić information content (AvgIpc) is 2.50. The molecule has 0 aliphatic rings. The third-order valence-electron chi connectivity index (χ3n) is 2.98. The van der Waals surface area contributed by atoms with Gasteiger partial charge in [-0.3, -0.25) is 0 Å². The Kier molecular flexibility index (Phi) is 5.05. The molecule has 0 saturated heterocycles. The summed E-state index contributed by atoms with van der Waals surface area (Å²) >= 11 is 1.86. The molecule has 0 aliphatic carbocycles. The summed E-state index contributed by atoms with van der Waals surface area (Å²) in [6, 6.07) is 20.9. The number of rotatable bonds is 6. The average molecular weight is 266 g/mol. The zero-order valence-electron chi connectivity index (χ0n) is 10.9. The molecule has 0 aliphatic heterocycles. The van der Waals surface area contributed by atoms with Crippen molar-refractivity contribution in [2.75, 3.05) is 0 Å². The van der Waals surface area contributed by atoms with Crippen molar-refractivity contribution in [3.63, 3.8) is 0 Å². The van der Waals surface area contributed by atoms with E-state index in [2.05, 4.69) is 61.7 Å². The Labute approximate surface area is 119 Å². The molecule has 96 valence electrons. The van der Waals surface area contributed by atoms with Crippen molar-refractivity contribution in [2.45, 2.75) is 10.5 Å². The van der Waals surface area contributed by atoms with E-state index in [-0.39, 0.29) is 10.5 Å². The van der Waals surface area contributed by atoms with Crippen LogP contribution in [0.2, 0.25) is 0 Å². The lowest BCUT2D eigenvalue weighted by molar-refractivity contribution is 1.17. The Hall–Kier alpha value is -1.73. The van der Waals surface area contributed by atoms with Gasteiger partial charge in [-0.05, 0) is 11.1 Å². The Morgan fingerprint density at radius 1 is 0.684 bits per heavy atom. The topological polar surface area (TPSA) is 0 Å². The van der Waals surface area contributed by atoms with Crippen LogP contribution in [0.15, 0.2) is 86.0 Å². The highest BCUT2D eigenvalue weighted by Crippen LogP contribution is 2.41. The van der Waals surface area contributed by atoms with Crippen LogP contribution in [0.25, 0.3) is 0 Å². The first-order valence-corrected chi connectivity index (χ1v) is 7.30. The molecule has 2 atom stereocenters. The standard InChI is InChI=1S/C18H18S/c1-3-17(15-11-7-5-8-12-15)19-18(4-2)16-13-9-6-10-14-16/h3-14,17-18H,1-2H2. The highest BCUT2D eigenvalue weighted by Gasteiger charge is 2.15. The molecule has 0 nitrogen and oxygen atoms in total. The minimum absolute atomic E-state index is 0.282. The first-order valence-electron chi connectivity index (χ1n) is 6.35. The zero-order chi connectivity index (χ0) is 13.5. The van der Waals surface area contributed by atoms with Crippen LogP contribution in [0.4, 0.5) is 0 Å². The quantitative estimate of drug-likeness (QED) is 0.615. The molecule has 0 saturated carbocycles. The molecule has 2 unspecified atom stereocenters. The van der Waals surface area contributed by atoms with E-state index in [4.69, 9.17) is 0 Å². The lowest BCUT2D eigenvalue weighted by Crippen LogP contribution is -1.96. The second kappa shape index (κ2) is 7.01. The lowest BCUT2D eigenvalue weighted by atomic mass is 10.1. The number of hydrogen-bond acceptors (Lipinski definition) is 1. The molecule has 19 heavy (non-hydrogen) atoms. The molecule has 0 fully saturated rings. The molecule has 0 heterocycles. The number of thioether (sulfide) groups is 1. The second-order valence-electron chi connectivity index (χ2n) is 4.27. The van der Waals surface area contributed by atoms with E-state index < -0.39 is 0 Å². The molecule has 0 radical (unpaired) electrons. The Balaban J connectivity index is 2.17. The monoisotopic (exact) mass is 266 g/mol. The summed E-state index contributed by atoms with van der Waals surface area (Å²) in [5.41, 5.74) is 2.57. The fourth-order valence-corrected chi connectivity index (χ4v) is 3.15. The van der Waals surface area contributed by atoms with Gasteiger partial charge in [0.25, 0.3) is 0 Å². The molecule has 0 bridgehead atoms. The maximum absolute atomic E-state index is 3.96. The SMILES string of the molecule is C=CC(SC(C=C)c1ccccc1)c1ccccc1. The molecule has 2 aromatic rings. The molecular formula is C18H18S. The van der Waals surface area contributed by atoms with Crippen LogP contribution in [0.5, 0.6) is 0 Å². The summed E-state index contributed by atoms with van der Waals surface area (Å²) in [5.74, 6) is 0. The largest absolute Gasteiger partial charge is 0.137 e. The smallest absolute Gasteiger partial charge is 0.0483 e. The van der Waals surface area contributed by atoms with Crippen molar-refractivity contribution in [1.29, 1.82) is 0 Å². The minimum atomic E-state index is 0.282. The third kappa shape index (κ3) is 3.62. The van der Waals surface area contributed by atoms with Crippen molar-refractivity contribution in [1.82, 2.24) is 0 Å². The molecule has 1 heteroatoms. The van der Waals surface area contributed by atoms with E-state index in [1.165, 1.54) is 11.1 Å². The van der Waals surface area contributed by atoms with Crippen molar-refractivity contribution < 1.29 is 0 Å². The van der Waals surface area contributed by atoms with Gasteiger partial charge in [-0.15, -0.1) is 24.9 Å². The van der Waals surface area contributed by atoms with E-state index >= 15 is 0 Å². The summed E-state index contributed by atoms with van der Waals surface area (Å²) in [5, 5.41) is 0.564. The minimum Gasteiger partial charge on any atom is -0.137 e. The summed E-state index contributed by atoms with van der Waals surface area (Å²) in [4.78, 5) is 0. The molecule has 2 rings (SSSR count). The summed E-state index contributed by atoms with van der Waals surface area (Å²) < 4.78 is 0. The Morgan fingerprint density at radius 3 is 1.37 bits per heavy atom. The van der Waals surface area contributed by atoms with E-state index in [1.807, 2.05) is 36.0 Å². The van der Waals surface area contributed by atoms with Crippen LogP contribution in [-0.4, -0.2) is 0 Å². The van der Waals surface area contributed by atoms with Gasteiger partial charge in [-0.2, -0.15) is 0 Å². The first kappa shape index (κ1) is 13.7. The molecule has 0 N–H and O–H groups in total. The van der Waals surface area contributed by atoms with Crippen LogP contribution < -0.4 is 0 Å². The van der Waals surface area contributed by atoms with E-state index in [9.17, 15) is 0 Å². The Morgan fingerprint density at radius 2 is 1.05 bits per heavy atom. The van der Waals surface area contributed by atoms with Crippen molar-refractivity contribution in [3.05, 3.63) is 97.1 Å². The molecular weight excluding hydrogens is 248 g/mol. The summed E-state index contributed by atoms with van der Waals surface area (Å²) in [6.45, 7) is 7.93. The van der Waals surface area contributed by atoms with Crippen LogP contribution in [-0.2, 0) is 0 Å². The number of benzene rings is 2. The van der Waals surface area contributed by atoms with Gasteiger partial charge < -0.3 is 0 Å². The molecule has 2 aromatic carbocycles. The maximum Gasteiger partial charge on any atom is 0.0483 e. The second-order valence-corrected chi connectivity index (χ2v) is 5.56. The fraction of sp³-hybridized carbons (Fsp3) is 0.111. The predicted octanol–water partition coefficient (Wildman–Crippen LogP) is 5.57. The summed E-state index contributed by atoms with van der Waals surface area (Å²) in [6.07, 6.45) is 4.00. The number of hydrogen-bond donors (Lipinski definition) is 0. The van der Waals surface area contributed by atoms with Crippen molar-refractivity contribution >= 4 is 11.8 Å². The van der Waals surface area contributed by atoms with E-state index in [0.717, 1.165) is 0 Å². The van der Waals surface area contributed by atoms with Gasteiger partial charge in [-0.1, -0.05) is 72.8 Å². The molecule has 0 spiro atoms. The van der Waals surface area contributed by atoms with E-state index in [1.54, 1.807) is 0 Å². The normalized spacial score (nSPS) is 13.5. The van der Waals surface area contributed by atoms with Crippen LogP contribution >= 0.6 is 11.8 Å². The van der Waals surface area contributed by atoms with Gasteiger partial charge in [0.05, 0.1) is 0 Å². The van der Waals surface area contributed by atoms with Gasteiger partial charge in [0.15, 0.2) is 0 Å². The van der Waals surface area contributed by atoms with Gasteiger partial charge in [0.1, 0.15) is 0 Å². The maximum atomic E-state index is 3.96. The first-order chi connectivity index (χ1) is 9.35. The predicted molar refractivity (Wildman–Crippen MR) is 86.4 cm³/mol. The van der Waals surface area contributed by atoms with Gasteiger partial charge in [0.2, 0.25) is 0 Å². The van der Waals surface area contributed by atoms with Crippen molar-refractivity contribution in [3.8, 4) is 0 Å². The molecule has 0 amide bonds. The van der Waals surface area contributed by atoms with Crippen molar-refractivity contribution in [2.24, 2.45) is 0 Å². The Bertz CT molecular complexity index is 466. The highest BCUT2D eigenvalue weighted by atomic mass is 32.2. The third-order valence-corrected chi connectivity index (χ3v) is 4.49. The fourth-order valence-electron chi connectivity index (χ4n) is 1.98. The van der Waals surface area contributed by atoms with Crippen LogP contribution in [0, 0.1) is 0 Å². The van der Waals surface area contributed by atoms with Gasteiger partial charge in [-0.25, -0.2) is 0 Å². The highest BCUT2D eigenvalue weighted by molar-refractivity contribution is 8.00. The van der Waals surface area contributed by atoms with Crippen LogP contribution in [0.1, 0.15) is 21.6 Å². The van der Waals surface area contributed by atoms with Crippen LogP contribution in [0.3, 0.4) is 0 Å². The zero-order valence-corrected chi connectivity index (χ0v) is 11.7. The lowest BCUT2D eigenvalue weighted by Gasteiger charge is -2.19.